The van der Waals surface area contributed by atoms with E-state index in [4.69, 9.17) is 9.26 Å². The Balaban J connectivity index is 1.90. The van der Waals surface area contributed by atoms with Gasteiger partial charge in [-0.15, -0.1) is 0 Å². The van der Waals surface area contributed by atoms with Crippen molar-refractivity contribution < 1.29 is 17.7 Å². The van der Waals surface area contributed by atoms with Crippen LogP contribution in [0.25, 0.3) is 11.3 Å². The molecule has 0 aliphatic rings. The molecule has 0 fully saturated rings. The third-order valence-electron chi connectivity index (χ3n) is 4.38. The van der Waals surface area contributed by atoms with E-state index in [1.807, 2.05) is 57.2 Å². The Kier molecular flexibility index (Phi) is 6.16. The lowest BCUT2D eigenvalue weighted by atomic mass is 10.1. The number of nitrogens with one attached hydrogen (secondary N) is 1. The first kappa shape index (κ1) is 20.1. The van der Waals surface area contributed by atoms with Gasteiger partial charge in [0.15, 0.2) is 5.76 Å². The number of hydrogen-bond donors (Lipinski definition) is 1. The smallest absolute Gasteiger partial charge is 0.241 e. The lowest BCUT2D eigenvalue weighted by molar-refractivity contribution is 0.336. The van der Waals surface area contributed by atoms with E-state index in [1.165, 1.54) is 0 Å². The zero-order valence-electron chi connectivity index (χ0n) is 16.2. The number of rotatable bonds is 8. The Bertz CT molecular complexity index is 1060. The fraction of sp³-hybridized carbons (Fsp3) is 0.286. The standard InChI is InChI=1S/C21H24N2O4S/c1-4-16-10-11-17(20-12-15(3)23-27-20)13-21(16)28(24,25)22-14-18-8-6-7-9-19(18)26-5-2/h6-13,22H,4-5,14H2,1-3H3. The molecule has 148 valence electrons. The van der Waals surface area contributed by atoms with E-state index in [0.717, 1.165) is 16.8 Å². The summed E-state index contributed by atoms with van der Waals surface area (Å²) in [5.41, 5.74) is 2.94. The molecule has 0 saturated carbocycles. The highest BCUT2D eigenvalue weighted by molar-refractivity contribution is 7.89. The topological polar surface area (TPSA) is 81.4 Å². The van der Waals surface area contributed by atoms with Crippen LogP contribution in [0.5, 0.6) is 5.75 Å². The molecular weight excluding hydrogens is 376 g/mol. The van der Waals surface area contributed by atoms with Gasteiger partial charge in [0.2, 0.25) is 10.0 Å². The largest absolute Gasteiger partial charge is 0.494 e. The van der Waals surface area contributed by atoms with Crippen LogP contribution in [0.3, 0.4) is 0 Å². The summed E-state index contributed by atoms with van der Waals surface area (Å²) >= 11 is 0. The van der Waals surface area contributed by atoms with E-state index < -0.39 is 10.0 Å². The van der Waals surface area contributed by atoms with Crippen molar-refractivity contribution in [1.29, 1.82) is 0 Å². The molecule has 3 aromatic rings. The minimum absolute atomic E-state index is 0.146. The number of para-hydroxylation sites is 1. The van der Waals surface area contributed by atoms with Crippen LogP contribution in [-0.2, 0) is 23.0 Å². The Morgan fingerprint density at radius 1 is 1.07 bits per heavy atom. The van der Waals surface area contributed by atoms with E-state index in [2.05, 4.69) is 9.88 Å². The van der Waals surface area contributed by atoms with Crippen LogP contribution in [0, 0.1) is 6.92 Å². The SMILES string of the molecule is CCOc1ccccc1CNS(=O)(=O)c1cc(-c2cc(C)no2)ccc1CC. The number of benzene rings is 2. The second kappa shape index (κ2) is 8.58. The average molecular weight is 401 g/mol. The van der Waals surface area contributed by atoms with Crippen molar-refractivity contribution in [1.82, 2.24) is 9.88 Å². The molecule has 0 amide bonds. The highest BCUT2D eigenvalue weighted by atomic mass is 32.2. The van der Waals surface area contributed by atoms with Crippen molar-refractivity contribution in [3.8, 4) is 17.1 Å². The summed E-state index contributed by atoms with van der Waals surface area (Å²) in [6.07, 6.45) is 0.599. The van der Waals surface area contributed by atoms with E-state index in [-0.39, 0.29) is 11.4 Å². The highest BCUT2D eigenvalue weighted by Crippen LogP contribution is 2.27. The van der Waals surface area contributed by atoms with Gasteiger partial charge in [0.05, 0.1) is 17.2 Å². The van der Waals surface area contributed by atoms with Crippen molar-refractivity contribution in [2.24, 2.45) is 0 Å². The average Bonchev–Trinajstić information content (AvgIpc) is 3.13. The van der Waals surface area contributed by atoms with Crippen molar-refractivity contribution >= 4 is 10.0 Å². The summed E-state index contributed by atoms with van der Waals surface area (Å²) in [6, 6.07) is 14.5. The molecule has 0 radical (unpaired) electrons. The maximum Gasteiger partial charge on any atom is 0.241 e. The first-order valence-electron chi connectivity index (χ1n) is 9.21. The minimum atomic E-state index is -3.72. The third-order valence-corrected chi connectivity index (χ3v) is 5.86. The van der Waals surface area contributed by atoms with Crippen LogP contribution in [0.15, 0.2) is 57.9 Å². The van der Waals surface area contributed by atoms with Gasteiger partial charge in [0.25, 0.3) is 0 Å². The molecular formula is C21H24N2O4S. The van der Waals surface area contributed by atoms with Crippen molar-refractivity contribution in [2.75, 3.05) is 6.61 Å². The quantitative estimate of drug-likeness (QED) is 0.616. The van der Waals surface area contributed by atoms with Gasteiger partial charge < -0.3 is 9.26 Å². The zero-order valence-corrected chi connectivity index (χ0v) is 17.0. The Hall–Kier alpha value is -2.64. The molecule has 1 aromatic heterocycles. The van der Waals surface area contributed by atoms with E-state index >= 15 is 0 Å². The van der Waals surface area contributed by atoms with Crippen molar-refractivity contribution in [2.45, 2.75) is 38.6 Å². The highest BCUT2D eigenvalue weighted by Gasteiger charge is 2.20. The Labute approximate surface area is 165 Å². The molecule has 1 heterocycles. The molecule has 2 aromatic carbocycles. The lowest BCUT2D eigenvalue weighted by Gasteiger charge is -2.14. The van der Waals surface area contributed by atoms with Crippen LogP contribution in [0.1, 0.15) is 30.7 Å². The van der Waals surface area contributed by atoms with Crippen molar-refractivity contribution in [3.63, 3.8) is 0 Å². The fourth-order valence-corrected chi connectivity index (χ4v) is 4.29. The first-order chi connectivity index (χ1) is 13.4. The summed E-state index contributed by atoms with van der Waals surface area (Å²) in [5, 5.41) is 3.88. The molecule has 1 N–H and O–H groups in total. The lowest BCUT2D eigenvalue weighted by Crippen LogP contribution is -2.24. The van der Waals surface area contributed by atoms with Crippen molar-refractivity contribution in [3.05, 3.63) is 65.4 Å². The van der Waals surface area contributed by atoms with Gasteiger partial charge in [-0.05, 0) is 38.0 Å². The molecule has 0 unspecified atom stereocenters. The predicted molar refractivity (Wildman–Crippen MR) is 108 cm³/mol. The number of aryl methyl sites for hydroxylation is 2. The molecule has 0 aliphatic heterocycles. The first-order valence-corrected chi connectivity index (χ1v) is 10.7. The molecule has 0 aliphatic carbocycles. The number of sulfonamides is 1. The number of hydrogen-bond acceptors (Lipinski definition) is 5. The molecule has 0 atom stereocenters. The molecule has 7 heteroatoms. The second-order valence-corrected chi connectivity index (χ2v) is 8.11. The Morgan fingerprint density at radius 3 is 2.54 bits per heavy atom. The van der Waals surface area contributed by atoms with Gasteiger partial charge in [-0.2, -0.15) is 0 Å². The van der Waals surface area contributed by atoms with Gasteiger partial charge in [-0.1, -0.05) is 42.4 Å². The molecule has 3 rings (SSSR count). The van der Waals surface area contributed by atoms with Crippen LogP contribution in [0.4, 0.5) is 0 Å². The normalized spacial score (nSPS) is 11.5. The molecule has 0 bridgehead atoms. The molecule has 0 spiro atoms. The summed E-state index contributed by atoms with van der Waals surface area (Å²) in [7, 11) is -3.72. The monoisotopic (exact) mass is 400 g/mol. The van der Waals surface area contributed by atoms with Gasteiger partial charge >= 0.3 is 0 Å². The van der Waals surface area contributed by atoms with Crippen LogP contribution < -0.4 is 9.46 Å². The zero-order chi connectivity index (χ0) is 20.1. The van der Waals surface area contributed by atoms with Gasteiger partial charge in [-0.25, -0.2) is 13.1 Å². The fourth-order valence-electron chi connectivity index (χ4n) is 2.95. The third kappa shape index (κ3) is 4.43. The second-order valence-electron chi connectivity index (χ2n) is 6.37. The number of nitrogens with zero attached hydrogens (tertiary/aromatic N) is 1. The van der Waals surface area contributed by atoms with Gasteiger partial charge in [0, 0.05) is 23.7 Å². The number of ether oxygens (including phenoxy) is 1. The van der Waals surface area contributed by atoms with E-state index in [9.17, 15) is 8.42 Å². The molecule has 6 nitrogen and oxygen atoms in total. The van der Waals surface area contributed by atoms with E-state index in [1.54, 1.807) is 12.1 Å². The number of aromatic nitrogens is 1. The Morgan fingerprint density at radius 2 is 1.86 bits per heavy atom. The van der Waals surface area contributed by atoms with Crippen LogP contribution >= 0.6 is 0 Å². The summed E-state index contributed by atoms with van der Waals surface area (Å²) < 4.78 is 39.6. The molecule has 28 heavy (non-hydrogen) atoms. The summed E-state index contributed by atoms with van der Waals surface area (Å²) in [5.74, 6) is 1.22. The molecule has 0 saturated heterocycles. The van der Waals surface area contributed by atoms with Gasteiger partial charge in [0.1, 0.15) is 5.75 Å². The van der Waals surface area contributed by atoms with E-state index in [0.29, 0.717) is 30.1 Å². The predicted octanol–water partition coefficient (Wildman–Crippen LogP) is 4.09. The van der Waals surface area contributed by atoms with Gasteiger partial charge in [-0.3, -0.25) is 0 Å². The summed E-state index contributed by atoms with van der Waals surface area (Å²) in [4.78, 5) is 0.246. The maximum absolute atomic E-state index is 13.0. The summed E-state index contributed by atoms with van der Waals surface area (Å²) in [6.45, 7) is 6.31. The minimum Gasteiger partial charge on any atom is -0.494 e. The van der Waals surface area contributed by atoms with Crippen LogP contribution in [-0.4, -0.2) is 20.2 Å². The maximum atomic E-state index is 13.0. The van der Waals surface area contributed by atoms with Crippen LogP contribution in [0.2, 0.25) is 0 Å².